The number of para-hydroxylation sites is 1. The second-order valence-electron chi connectivity index (χ2n) is 7.67. The van der Waals surface area contributed by atoms with Gasteiger partial charge in [0.2, 0.25) is 0 Å². The molecule has 0 aliphatic rings. The van der Waals surface area contributed by atoms with Crippen molar-refractivity contribution in [1.29, 1.82) is 0 Å². The van der Waals surface area contributed by atoms with Gasteiger partial charge in [0, 0.05) is 17.8 Å². The summed E-state index contributed by atoms with van der Waals surface area (Å²) in [5.74, 6) is -1.62. The van der Waals surface area contributed by atoms with Gasteiger partial charge in [-0.3, -0.25) is 19.3 Å². The number of nitrogens with one attached hydrogen (secondary N) is 2. The molecule has 0 aliphatic carbocycles. The number of anilines is 4. The number of methoxy groups -OCH3 is 2. The number of carbonyl (C=O) groups is 1. The number of nitrogens with two attached hydrogens (primary N) is 2. The fourth-order valence-corrected chi connectivity index (χ4v) is 4.37. The zero-order valence-corrected chi connectivity index (χ0v) is 25.4. The Morgan fingerprint density at radius 3 is 1.93 bits per heavy atom. The van der Waals surface area contributed by atoms with Gasteiger partial charge in [-0.05, 0) is 24.3 Å². The van der Waals surface area contributed by atoms with Crippen LogP contribution in [0.5, 0.6) is 11.5 Å². The molecule has 19 heteroatoms. The Hall–Kier alpha value is -3.78. The predicted molar refractivity (Wildman–Crippen MR) is 145 cm³/mol. The Bertz CT molecular complexity index is 1720. The number of benzene rings is 3. The van der Waals surface area contributed by atoms with Crippen molar-refractivity contribution in [3.05, 3.63) is 54.6 Å². The van der Waals surface area contributed by atoms with Crippen LogP contribution in [0.4, 0.5) is 28.4 Å². The van der Waals surface area contributed by atoms with Gasteiger partial charge in [0.05, 0.1) is 31.3 Å². The second-order valence-corrected chi connectivity index (χ2v) is 10.4. The fourth-order valence-electron chi connectivity index (χ4n) is 3.13. The van der Waals surface area contributed by atoms with E-state index in [1.807, 2.05) is 0 Å². The number of amides is 1. The second kappa shape index (κ2) is 13.7. The number of carbonyl (C=O) groups excluding carboxylic acids is 1. The molecule has 3 aromatic carbocycles. The van der Waals surface area contributed by atoms with E-state index >= 15 is 0 Å². The van der Waals surface area contributed by atoms with Crippen LogP contribution in [0.15, 0.2) is 79.7 Å². The normalized spacial score (nSPS) is 12.0. The van der Waals surface area contributed by atoms with Crippen LogP contribution in [0, 0.1) is 0 Å². The zero-order chi connectivity index (χ0) is 29.7. The third-order valence-corrected chi connectivity index (χ3v) is 6.79. The molecule has 0 saturated heterocycles. The summed E-state index contributed by atoms with van der Waals surface area (Å²) < 4.78 is 75.9. The summed E-state index contributed by atoms with van der Waals surface area (Å²) in [6.07, 6.45) is 0. The number of ether oxygens (including phenoxy) is 2. The Labute approximate surface area is 256 Å². The SMILES string of the molecule is COc1cc(N)c(S(=O)(=O)O)cc1N=NC(=NNc1cc(S(=O)(=O)O)c(N)cc1OC)C(=O)Nc1ccccc1.[Na+]. The first-order chi connectivity index (χ1) is 18.7. The van der Waals surface area contributed by atoms with E-state index in [4.69, 9.17) is 20.9 Å². The molecule has 0 saturated carbocycles. The molecule has 0 fully saturated rings. The number of hydrazone groups is 1. The number of amidine groups is 1. The average Bonchev–Trinajstić information content (AvgIpc) is 2.88. The Morgan fingerprint density at radius 2 is 1.39 bits per heavy atom. The Morgan fingerprint density at radius 1 is 0.854 bits per heavy atom. The van der Waals surface area contributed by atoms with Crippen molar-refractivity contribution in [1.82, 2.24) is 0 Å². The minimum atomic E-state index is -4.75. The molecule has 1 amide bonds. The van der Waals surface area contributed by atoms with E-state index in [2.05, 4.69) is 26.1 Å². The Balaban J connectivity index is 0.00000588. The van der Waals surface area contributed by atoms with Gasteiger partial charge in [-0.1, -0.05) is 18.2 Å². The predicted octanol–water partition coefficient (Wildman–Crippen LogP) is -0.486. The summed E-state index contributed by atoms with van der Waals surface area (Å²) >= 11 is 0. The van der Waals surface area contributed by atoms with Crippen molar-refractivity contribution in [2.24, 2.45) is 15.3 Å². The molecule has 0 atom stereocenters. The van der Waals surface area contributed by atoms with Gasteiger partial charge in [0.1, 0.15) is 27.0 Å². The van der Waals surface area contributed by atoms with Crippen LogP contribution in [0.1, 0.15) is 0 Å². The molecule has 0 radical (unpaired) electrons. The molecule has 0 unspecified atom stereocenters. The third kappa shape index (κ3) is 8.60. The summed E-state index contributed by atoms with van der Waals surface area (Å²) in [6, 6.07) is 12.1. The van der Waals surface area contributed by atoms with Crippen molar-refractivity contribution in [3.8, 4) is 11.5 Å². The maximum absolute atomic E-state index is 13.0. The Kier molecular flexibility index (Phi) is 11.2. The molecule has 0 aromatic heterocycles. The van der Waals surface area contributed by atoms with Gasteiger partial charge < -0.3 is 26.3 Å². The van der Waals surface area contributed by atoms with E-state index < -0.39 is 41.8 Å². The van der Waals surface area contributed by atoms with E-state index in [-0.39, 0.29) is 63.8 Å². The molecule has 3 rings (SSSR count). The first-order valence-electron chi connectivity index (χ1n) is 10.8. The van der Waals surface area contributed by atoms with E-state index in [9.17, 15) is 30.7 Å². The largest absolute Gasteiger partial charge is 1.00 e. The molecule has 0 spiro atoms. The molecule has 0 heterocycles. The van der Waals surface area contributed by atoms with Gasteiger partial charge >= 0.3 is 29.6 Å². The third-order valence-electron chi connectivity index (χ3n) is 4.97. The molecule has 8 N–H and O–H groups in total. The molecular weight excluding hydrogens is 593 g/mol. The quantitative estimate of drug-likeness (QED) is 0.0356. The van der Waals surface area contributed by atoms with E-state index in [1.54, 1.807) is 30.3 Å². The maximum atomic E-state index is 13.0. The summed E-state index contributed by atoms with van der Waals surface area (Å²) in [6.45, 7) is 0. The van der Waals surface area contributed by atoms with Gasteiger partial charge in [0.15, 0.2) is 0 Å². The van der Waals surface area contributed by atoms with Gasteiger partial charge in [-0.2, -0.15) is 16.8 Å². The number of rotatable bonds is 8. The van der Waals surface area contributed by atoms with Crippen molar-refractivity contribution < 1.29 is 69.8 Å². The van der Waals surface area contributed by atoms with Crippen molar-refractivity contribution in [2.75, 3.05) is 36.4 Å². The minimum Gasteiger partial charge on any atom is -0.494 e. The van der Waals surface area contributed by atoms with E-state index in [1.165, 1.54) is 14.2 Å². The van der Waals surface area contributed by atoms with E-state index in [0.29, 0.717) is 5.69 Å². The van der Waals surface area contributed by atoms with Crippen LogP contribution in [0.3, 0.4) is 0 Å². The first kappa shape index (κ1) is 33.4. The number of hydrogen-bond donors (Lipinski definition) is 6. The van der Waals surface area contributed by atoms with Gasteiger partial charge in [-0.15, -0.1) is 15.3 Å². The summed E-state index contributed by atoms with van der Waals surface area (Å²) in [4.78, 5) is 11.7. The fraction of sp³-hybridized carbons (Fsp3) is 0.0909. The average molecular weight is 617 g/mol. The molecule has 0 aliphatic heterocycles. The van der Waals surface area contributed by atoms with Crippen molar-refractivity contribution in [2.45, 2.75) is 9.79 Å². The van der Waals surface area contributed by atoms with Crippen LogP contribution in [0.25, 0.3) is 0 Å². The number of nitrogens with zero attached hydrogens (tertiary/aromatic N) is 3. The number of nitrogen functional groups attached to an aromatic ring is 2. The molecule has 0 bridgehead atoms. The molecule has 41 heavy (non-hydrogen) atoms. The summed E-state index contributed by atoms with van der Waals surface area (Å²) in [7, 11) is -7.00. The van der Waals surface area contributed by atoms with Crippen LogP contribution < -0.4 is 61.2 Å². The maximum Gasteiger partial charge on any atom is 1.00 e. The van der Waals surface area contributed by atoms with Crippen LogP contribution >= 0.6 is 0 Å². The molecule has 16 nitrogen and oxygen atoms in total. The number of hydrogen-bond acceptors (Lipinski definition) is 12. The van der Waals surface area contributed by atoms with Crippen LogP contribution in [-0.4, -0.2) is 51.9 Å². The molecule has 3 aromatic rings. The first-order valence-corrected chi connectivity index (χ1v) is 13.6. The zero-order valence-electron chi connectivity index (χ0n) is 21.8. The van der Waals surface area contributed by atoms with Crippen molar-refractivity contribution >= 4 is 60.4 Å². The monoisotopic (exact) mass is 616 g/mol. The summed E-state index contributed by atoms with van der Waals surface area (Å²) in [5.41, 5.74) is 13.1. The van der Waals surface area contributed by atoms with Crippen LogP contribution in [0.2, 0.25) is 0 Å². The smallest absolute Gasteiger partial charge is 0.494 e. The van der Waals surface area contributed by atoms with Gasteiger partial charge in [-0.25, -0.2) is 0 Å². The molecule has 212 valence electrons. The number of azo groups is 1. The summed E-state index contributed by atoms with van der Waals surface area (Å²) in [5, 5.41) is 14.0. The van der Waals surface area contributed by atoms with Crippen LogP contribution in [-0.2, 0) is 25.0 Å². The van der Waals surface area contributed by atoms with Gasteiger partial charge in [0.25, 0.3) is 32.0 Å². The van der Waals surface area contributed by atoms with E-state index in [0.717, 1.165) is 24.3 Å². The standard InChI is InChI=1S/C22H23N7O9S2.Na/c1-37-17-8-13(23)19(39(31,32)33)10-15(17)26-28-21(22(30)25-12-6-4-3-5-7-12)29-27-16-11-20(40(34,35)36)14(24)9-18(16)38-2;/h3-11,26H,23-24H2,1-2H3,(H,25,30)(H,31,32,33)(H,34,35,36);/q;+1. The molecular formula is C22H23N7NaO9S2+. The minimum absolute atomic E-state index is 0. The van der Waals surface area contributed by atoms with Crippen molar-refractivity contribution in [3.63, 3.8) is 0 Å². The topological polar surface area (TPSA) is 257 Å².